The summed E-state index contributed by atoms with van der Waals surface area (Å²) in [5.41, 5.74) is -0.513. The van der Waals surface area contributed by atoms with Crippen molar-refractivity contribution in [3.05, 3.63) is 24.2 Å². The first kappa shape index (κ1) is 14.6. The van der Waals surface area contributed by atoms with Crippen LogP contribution in [0.15, 0.2) is 22.8 Å². The van der Waals surface area contributed by atoms with Crippen LogP contribution in [0.2, 0.25) is 0 Å². The van der Waals surface area contributed by atoms with Gasteiger partial charge in [-0.25, -0.2) is 4.79 Å². The maximum absolute atomic E-state index is 12.3. The van der Waals surface area contributed by atoms with Crippen molar-refractivity contribution in [3.8, 4) is 11.6 Å². The molecule has 118 valence electrons. The molecule has 7 heteroatoms. The Hall–Kier alpha value is -2.31. The fraction of sp³-hybridized carbons (Fsp3) is 0.533. The molecule has 1 aliphatic heterocycles. The summed E-state index contributed by atoms with van der Waals surface area (Å²) in [6, 6.07) is 3.66. The van der Waals surface area contributed by atoms with Crippen LogP contribution in [-0.2, 0) is 17.8 Å². The maximum atomic E-state index is 12.3. The van der Waals surface area contributed by atoms with E-state index in [0.29, 0.717) is 24.7 Å². The smallest absolute Gasteiger partial charge is 0.411 e. The molecule has 7 nitrogen and oxygen atoms in total. The second-order valence-corrected chi connectivity index (χ2v) is 6.49. The largest absolute Gasteiger partial charge is 0.461 e. The molecule has 0 saturated heterocycles. The van der Waals surface area contributed by atoms with E-state index >= 15 is 0 Å². The average Bonchev–Trinajstić information content (AvgIpc) is 3.03. The summed E-state index contributed by atoms with van der Waals surface area (Å²) in [5, 5.41) is 8.36. The van der Waals surface area contributed by atoms with E-state index < -0.39 is 5.60 Å². The minimum absolute atomic E-state index is 0.00735. The summed E-state index contributed by atoms with van der Waals surface area (Å²) in [7, 11) is 0. The number of fused-ring (bicyclic) bond motifs is 1. The minimum atomic E-state index is -0.513. The van der Waals surface area contributed by atoms with Crippen LogP contribution in [-0.4, -0.2) is 37.4 Å². The Morgan fingerprint density at radius 1 is 1.41 bits per heavy atom. The van der Waals surface area contributed by atoms with Crippen molar-refractivity contribution in [2.75, 3.05) is 0 Å². The zero-order valence-electron chi connectivity index (χ0n) is 13.2. The molecule has 0 fully saturated rings. The van der Waals surface area contributed by atoms with Crippen molar-refractivity contribution in [1.29, 1.82) is 0 Å². The fourth-order valence-corrected chi connectivity index (χ4v) is 2.47. The summed E-state index contributed by atoms with van der Waals surface area (Å²) in [6.07, 6.45) is 1.28. The van der Waals surface area contributed by atoms with Gasteiger partial charge >= 0.3 is 6.09 Å². The van der Waals surface area contributed by atoms with Crippen LogP contribution in [0.3, 0.4) is 0 Å². The summed E-state index contributed by atoms with van der Waals surface area (Å²) in [6.45, 7) is 8.55. The van der Waals surface area contributed by atoms with Gasteiger partial charge in [0.2, 0.25) is 0 Å². The molecule has 2 aromatic heterocycles. The van der Waals surface area contributed by atoms with Gasteiger partial charge in [0.05, 0.1) is 18.8 Å². The lowest BCUT2D eigenvalue weighted by molar-refractivity contribution is 0.00941. The summed E-state index contributed by atoms with van der Waals surface area (Å²) >= 11 is 0. The molecule has 0 spiro atoms. The van der Waals surface area contributed by atoms with Gasteiger partial charge in [-0.05, 0) is 39.8 Å². The fourth-order valence-electron chi connectivity index (χ4n) is 2.47. The van der Waals surface area contributed by atoms with E-state index in [2.05, 4.69) is 10.2 Å². The van der Waals surface area contributed by atoms with E-state index in [4.69, 9.17) is 9.15 Å². The number of rotatable bonds is 1. The highest BCUT2D eigenvalue weighted by Gasteiger charge is 2.33. The van der Waals surface area contributed by atoms with Crippen molar-refractivity contribution in [2.24, 2.45) is 0 Å². The van der Waals surface area contributed by atoms with Gasteiger partial charge in [0, 0.05) is 6.54 Å². The summed E-state index contributed by atoms with van der Waals surface area (Å²) in [5.74, 6) is 2.10. The third-order valence-corrected chi connectivity index (χ3v) is 3.49. The standard InChI is InChI=1S/C15H20N4O3/c1-10-8-19-12(9-18(10)14(20)22-15(2,3)4)16-17-13(19)11-6-5-7-21-11/h5-7,10H,8-9H2,1-4H3/t10-/m0/s1. The predicted octanol–water partition coefficient (Wildman–Crippen LogP) is 2.68. The summed E-state index contributed by atoms with van der Waals surface area (Å²) < 4.78 is 12.8. The van der Waals surface area contributed by atoms with E-state index in [0.717, 1.165) is 5.82 Å². The highest BCUT2D eigenvalue weighted by Crippen LogP contribution is 2.25. The van der Waals surface area contributed by atoms with E-state index in [-0.39, 0.29) is 12.1 Å². The maximum Gasteiger partial charge on any atom is 0.411 e. The lowest BCUT2D eigenvalue weighted by Gasteiger charge is -2.35. The number of carbonyl (C=O) groups excluding carboxylic acids is 1. The molecular weight excluding hydrogens is 284 g/mol. The lowest BCUT2D eigenvalue weighted by atomic mass is 10.2. The molecule has 0 radical (unpaired) electrons. The first-order valence-corrected chi connectivity index (χ1v) is 7.31. The molecule has 1 atom stereocenters. The zero-order valence-corrected chi connectivity index (χ0v) is 13.2. The number of ether oxygens (including phenoxy) is 1. The number of aromatic nitrogens is 3. The van der Waals surface area contributed by atoms with Gasteiger partial charge in [-0.1, -0.05) is 0 Å². The van der Waals surface area contributed by atoms with E-state index in [1.807, 2.05) is 44.4 Å². The van der Waals surface area contributed by atoms with Gasteiger partial charge in [-0.2, -0.15) is 0 Å². The third-order valence-electron chi connectivity index (χ3n) is 3.49. The Labute approximate surface area is 128 Å². The van der Waals surface area contributed by atoms with Gasteiger partial charge < -0.3 is 13.7 Å². The van der Waals surface area contributed by atoms with Crippen LogP contribution in [0.25, 0.3) is 11.6 Å². The molecule has 3 rings (SSSR count). The Bertz CT molecular complexity index is 670. The third kappa shape index (κ3) is 2.70. The SMILES string of the molecule is C[C@H]1Cn2c(nnc2-c2ccco2)CN1C(=O)OC(C)(C)C. The molecule has 0 aromatic carbocycles. The Balaban J connectivity index is 1.84. The molecule has 3 heterocycles. The van der Waals surface area contributed by atoms with Crippen molar-refractivity contribution in [2.45, 2.75) is 52.4 Å². The number of nitrogens with zero attached hydrogens (tertiary/aromatic N) is 4. The van der Waals surface area contributed by atoms with Crippen LogP contribution in [0, 0.1) is 0 Å². The number of hydrogen-bond donors (Lipinski definition) is 0. The predicted molar refractivity (Wildman–Crippen MR) is 79.0 cm³/mol. The van der Waals surface area contributed by atoms with E-state index in [1.54, 1.807) is 11.2 Å². The minimum Gasteiger partial charge on any atom is -0.461 e. The number of carbonyl (C=O) groups is 1. The molecule has 22 heavy (non-hydrogen) atoms. The van der Waals surface area contributed by atoms with Crippen molar-refractivity contribution in [3.63, 3.8) is 0 Å². The Morgan fingerprint density at radius 2 is 2.18 bits per heavy atom. The quantitative estimate of drug-likeness (QED) is 0.810. The Kier molecular flexibility index (Phi) is 3.42. The molecule has 1 amide bonds. The second-order valence-electron chi connectivity index (χ2n) is 6.49. The molecule has 0 saturated carbocycles. The van der Waals surface area contributed by atoms with Gasteiger partial charge in [-0.3, -0.25) is 4.90 Å². The normalized spacial score (nSPS) is 18.2. The highest BCUT2D eigenvalue weighted by molar-refractivity contribution is 5.68. The molecule has 0 N–H and O–H groups in total. The molecule has 0 aliphatic carbocycles. The summed E-state index contributed by atoms with van der Waals surface area (Å²) in [4.78, 5) is 14.0. The van der Waals surface area contributed by atoms with Gasteiger partial charge in [0.1, 0.15) is 5.60 Å². The Morgan fingerprint density at radius 3 is 2.82 bits per heavy atom. The van der Waals surface area contributed by atoms with Crippen molar-refractivity contribution >= 4 is 6.09 Å². The number of amides is 1. The molecule has 2 aromatic rings. The first-order chi connectivity index (χ1) is 10.3. The van der Waals surface area contributed by atoms with E-state index in [9.17, 15) is 4.79 Å². The van der Waals surface area contributed by atoms with Crippen LogP contribution >= 0.6 is 0 Å². The lowest BCUT2D eigenvalue weighted by Crippen LogP contribution is -2.47. The molecule has 0 bridgehead atoms. The second kappa shape index (κ2) is 5.15. The topological polar surface area (TPSA) is 73.4 Å². The van der Waals surface area contributed by atoms with E-state index in [1.165, 1.54) is 0 Å². The van der Waals surface area contributed by atoms with Crippen molar-refractivity contribution < 1.29 is 13.9 Å². The highest BCUT2D eigenvalue weighted by atomic mass is 16.6. The average molecular weight is 304 g/mol. The van der Waals surface area contributed by atoms with Gasteiger partial charge in [-0.15, -0.1) is 10.2 Å². The number of hydrogen-bond acceptors (Lipinski definition) is 5. The monoisotopic (exact) mass is 304 g/mol. The van der Waals surface area contributed by atoms with Crippen molar-refractivity contribution in [1.82, 2.24) is 19.7 Å². The van der Waals surface area contributed by atoms with Crippen LogP contribution in [0.1, 0.15) is 33.5 Å². The molecular formula is C15H20N4O3. The van der Waals surface area contributed by atoms with Crippen LogP contribution < -0.4 is 0 Å². The zero-order chi connectivity index (χ0) is 15.9. The van der Waals surface area contributed by atoms with Gasteiger partial charge in [0.15, 0.2) is 17.4 Å². The molecule has 1 aliphatic rings. The van der Waals surface area contributed by atoms with Crippen LogP contribution in [0.5, 0.6) is 0 Å². The van der Waals surface area contributed by atoms with Gasteiger partial charge in [0.25, 0.3) is 0 Å². The van der Waals surface area contributed by atoms with Crippen LogP contribution in [0.4, 0.5) is 4.79 Å². The molecule has 0 unspecified atom stereocenters. The number of furan rings is 1. The first-order valence-electron chi connectivity index (χ1n) is 7.31.